The highest BCUT2D eigenvalue weighted by Crippen LogP contribution is 2.27. The van der Waals surface area contributed by atoms with E-state index in [-0.39, 0.29) is 6.04 Å². The van der Waals surface area contributed by atoms with Crippen molar-refractivity contribution in [1.29, 1.82) is 0 Å². The van der Waals surface area contributed by atoms with E-state index in [0.717, 1.165) is 22.2 Å². The second-order valence-electron chi connectivity index (χ2n) is 4.46. The van der Waals surface area contributed by atoms with Crippen LogP contribution in [0.3, 0.4) is 0 Å². The predicted octanol–water partition coefficient (Wildman–Crippen LogP) is 4.33. The van der Waals surface area contributed by atoms with Crippen LogP contribution in [0.5, 0.6) is 0 Å². The van der Waals surface area contributed by atoms with Gasteiger partial charge in [-0.3, -0.25) is 9.98 Å². The van der Waals surface area contributed by atoms with Crippen molar-refractivity contribution in [3.63, 3.8) is 0 Å². The minimum atomic E-state index is 0.210. The molecule has 0 spiro atoms. The third-order valence-electron chi connectivity index (χ3n) is 3.16. The third-order valence-corrected chi connectivity index (χ3v) is 3.69. The van der Waals surface area contributed by atoms with Crippen molar-refractivity contribution in [2.45, 2.75) is 12.5 Å². The number of allylic oxidation sites excluding steroid dienone is 1. The van der Waals surface area contributed by atoms with E-state index in [1.807, 2.05) is 12.1 Å². The van der Waals surface area contributed by atoms with Crippen molar-refractivity contribution in [3.8, 4) is 0 Å². The van der Waals surface area contributed by atoms with Gasteiger partial charge < -0.3 is 0 Å². The maximum atomic E-state index is 4.84. The van der Waals surface area contributed by atoms with Gasteiger partial charge in [0.25, 0.3) is 0 Å². The minimum Gasteiger partial charge on any atom is -0.276 e. The molecule has 1 unspecified atom stereocenters. The minimum absolute atomic E-state index is 0.210. The lowest BCUT2D eigenvalue weighted by Gasteiger charge is -2.17. The van der Waals surface area contributed by atoms with Crippen molar-refractivity contribution in [2.75, 3.05) is 0 Å². The van der Waals surface area contributed by atoms with Crippen molar-refractivity contribution >= 4 is 21.6 Å². The van der Waals surface area contributed by atoms with E-state index in [9.17, 15) is 0 Å². The van der Waals surface area contributed by atoms with Crippen LogP contribution in [0.2, 0.25) is 0 Å². The van der Waals surface area contributed by atoms with Crippen LogP contribution in [0.1, 0.15) is 23.6 Å². The summed E-state index contributed by atoms with van der Waals surface area (Å²) in [6.45, 7) is 0. The molecule has 0 N–H and O–H groups in total. The van der Waals surface area contributed by atoms with Crippen LogP contribution in [-0.2, 0) is 0 Å². The van der Waals surface area contributed by atoms with Gasteiger partial charge in [0.2, 0.25) is 0 Å². The Hall–Kier alpha value is -1.74. The fraction of sp³-hybridized carbons (Fsp3) is 0.125. The molecule has 0 aliphatic carbocycles. The molecule has 2 heterocycles. The van der Waals surface area contributed by atoms with Crippen LogP contribution >= 0.6 is 15.9 Å². The van der Waals surface area contributed by atoms with E-state index in [1.54, 1.807) is 12.4 Å². The van der Waals surface area contributed by atoms with E-state index in [4.69, 9.17) is 4.99 Å². The molecule has 0 saturated carbocycles. The summed E-state index contributed by atoms with van der Waals surface area (Å²) in [7, 11) is 0. The number of dihydropyridines is 1. The van der Waals surface area contributed by atoms with Crippen LogP contribution in [-0.4, -0.2) is 10.7 Å². The molecule has 0 radical (unpaired) electrons. The van der Waals surface area contributed by atoms with E-state index in [1.165, 1.54) is 5.56 Å². The quantitative estimate of drug-likeness (QED) is 0.810. The van der Waals surface area contributed by atoms with E-state index in [2.05, 4.69) is 57.3 Å². The highest BCUT2D eigenvalue weighted by Gasteiger charge is 2.13. The number of hydrogen-bond donors (Lipinski definition) is 0. The second-order valence-corrected chi connectivity index (χ2v) is 5.37. The molecule has 1 atom stereocenters. The molecule has 1 aromatic heterocycles. The second kappa shape index (κ2) is 5.49. The van der Waals surface area contributed by atoms with Crippen molar-refractivity contribution in [3.05, 3.63) is 76.5 Å². The number of rotatable bonds is 2. The zero-order valence-corrected chi connectivity index (χ0v) is 11.9. The Morgan fingerprint density at radius 3 is 2.47 bits per heavy atom. The average Bonchev–Trinajstić information content (AvgIpc) is 2.49. The summed E-state index contributed by atoms with van der Waals surface area (Å²) in [6, 6.07) is 12.6. The number of aromatic nitrogens is 1. The molecular weight excluding hydrogens is 300 g/mol. The summed E-state index contributed by atoms with van der Waals surface area (Å²) in [5, 5.41) is 0. The van der Waals surface area contributed by atoms with Gasteiger partial charge in [0, 0.05) is 22.4 Å². The van der Waals surface area contributed by atoms with Gasteiger partial charge in [-0.1, -0.05) is 34.1 Å². The molecule has 19 heavy (non-hydrogen) atoms. The Morgan fingerprint density at radius 2 is 1.74 bits per heavy atom. The lowest BCUT2D eigenvalue weighted by molar-refractivity contribution is 0.736. The third kappa shape index (κ3) is 2.82. The fourth-order valence-electron chi connectivity index (χ4n) is 2.16. The lowest BCUT2D eigenvalue weighted by atomic mass is 9.99. The number of pyridine rings is 1. The Morgan fingerprint density at radius 1 is 1.00 bits per heavy atom. The van der Waals surface area contributed by atoms with Crippen LogP contribution < -0.4 is 0 Å². The summed E-state index contributed by atoms with van der Waals surface area (Å²) in [5.74, 6) is 0. The number of benzene rings is 1. The molecule has 2 aromatic rings. The molecule has 0 fully saturated rings. The standard InChI is InChI=1S/C16H13BrN2/c17-14-6-4-12(5-7-14)15-2-1-3-16(19-15)13-8-10-18-11-9-13/h1,3-11,15H,2H2. The highest BCUT2D eigenvalue weighted by molar-refractivity contribution is 9.10. The smallest absolute Gasteiger partial charge is 0.0790 e. The number of hydrogen-bond acceptors (Lipinski definition) is 2. The van der Waals surface area contributed by atoms with Crippen molar-refractivity contribution in [1.82, 2.24) is 4.98 Å². The maximum absolute atomic E-state index is 4.84. The zero-order valence-electron chi connectivity index (χ0n) is 10.3. The van der Waals surface area contributed by atoms with E-state index < -0.39 is 0 Å². The zero-order chi connectivity index (χ0) is 13.1. The first-order valence-electron chi connectivity index (χ1n) is 6.23. The molecule has 2 nitrogen and oxygen atoms in total. The molecule has 1 aromatic carbocycles. The van der Waals surface area contributed by atoms with Crippen molar-refractivity contribution in [2.24, 2.45) is 4.99 Å². The Balaban J connectivity index is 1.91. The normalized spacial score (nSPS) is 18.2. The largest absolute Gasteiger partial charge is 0.276 e. The summed E-state index contributed by atoms with van der Waals surface area (Å²) < 4.78 is 1.10. The predicted molar refractivity (Wildman–Crippen MR) is 81.4 cm³/mol. The summed E-state index contributed by atoms with van der Waals surface area (Å²) >= 11 is 3.46. The molecule has 0 bridgehead atoms. The van der Waals surface area contributed by atoms with Crippen LogP contribution in [0.4, 0.5) is 0 Å². The SMILES string of the molecule is Brc1ccc(C2CC=CC(c3ccncc3)=N2)cc1. The summed E-state index contributed by atoms with van der Waals surface area (Å²) in [5.41, 5.74) is 3.40. The highest BCUT2D eigenvalue weighted by atomic mass is 79.9. The molecular formula is C16H13BrN2. The number of halogens is 1. The Bertz CT molecular complexity index is 615. The molecule has 3 heteroatoms. The first-order valence-corrected chi connectivity index (χ1v) is 7.02. The van der Waals surface area contributed by atoms with Gasteiger partial charge in [0.05, 0.1) is 11.8 Å². The van der Waals surface area contributed by atoms with Crippen LogP contribution in [0.15, 0.2) is 70.4 Å². The maximum Gasteiger partial charge on any atom is 0.0790 e. The molecule has 1 aliphatic heterocycles. The van der Waals surface area contributed by atoms with Crippen molar-refractivity contribution < 1.29 is 0 Å². The van der Waals surface area contributed by atoms with Gasteiger partial charge in [-0.15, -0.1) is 0 Å². The topological polar surface area (TPSA) is 25.2 Å². The molecule has 0 saturated heterocycles. The van der Waals surface area contributed by atoms with Gasteiger partial charge in [-0.05, 0) is 42.3 Å². The van der Waals surface area contributed by atoms with Crippen LogP contribution in [0.25, 0.3) is 0 Å². The monoisotopic (exact) mass is 312 g/mol. The lowest BCUT2D eigenvalue weighted by Crippen LogP contribution is -2.06. The summed E-state index contributed by atoms with van der Waals surface area (Å²) in [6.07, 6.45) is 8.83. The molecule has 3 rings (SSSR count). The molecule has 1 aliphatic rings. The fourth-order valence-corrected chi connectivity index (χ4v) is 2.43. The van der Waals surface area contributed by atoms with Gasteiger partial charge in [0.15, 0.2) is 0 Å². The average molecular weight is 313 g/mol. The first-order chi connectivity index (χ1) is 9.33. The van der Waals surface area contributed by atoms with E-state index >= 15 is 0 Å². The Labute approximate surface area is 121 Å². The van der Waals surface area contributed by atoms with Gasteiger partial charge >= 0.3 is 0 Å². The van der Waals surface area contributed by atoms with E-state index in [0.29, 0.717) is 0 Å². The first kappa shape index (κ1) is 12.3. The van der Waals surface area contributed by atoms with Gasteiger partial charge in [0.1, 0.15) is 0 Å². The van der Waals surface area contributed by atoms with Gasteiger partial charge in [-0.25, -0.2) is 0 Å². The molecule has 0 amide bonds. The summed E-state index contributed by atoms with van der Waals surface area (Å²) in [4.78, 5) is 8.88. The number of nitrogens with zero attached hydrogens (tertiary/aromatic N) is 2. The number of aliphatic imine (C=N–C) groups is 1. The Kier molecular flexibility index (Phi) is 3.56. The van der Waals surface area contributed by atoms with Crippen LogP contribution in [0, 0.1) is 0 Å². The van der Waals surface area contributed by atoms with Gasteiger partial charge in [-0.2, -0.15) is 0 Å². The molecule has 94 valence electrons.